The molecule has 0 aromatic rings. The molecule has 0 heterocycles. The lowest BCUT2D eigenvalue weighted by Gasteiger charge is -1.97. The van der Waals surface area contributed by atoms with Crippen molar-refractivity contribution < 1.29 is 19.4 Å². The van der Waals surface area contributed by atoms with Crippen LogP contribution in [0.1, 0.15) is 19.8 Å². The van der Waals surface area contributed by atoms with Crippen LogP contribution in [-0.4, -0.2) is 23.7 Å². The first-order valence-electron chi connectivity index (χ1n) is 3.42. The lowest BCUT2D eigenvalue weighted by molar-refractivity contribution is -0.163. The summed E-state index contributed by atoms with van der Waals surface area (Å²) in [6.07, 6.45) is 1.59. The van der Waals surface area contributed by atoms with E-state index in [4.69, 9.17) is 5.11 Å². The van der Waals surface area contributed by atoms with Gasteiger partial charge < -0.3 is 9.84 Å². The summed E-state index contributed by atoms with van der Waals surface area (Å²) in [5.41, 5.74) is 0. The highest BCUT2D eigenvalue weighted by atomic mass is 16.6. The molecule has 0 aliphatic heterocycles. The van der Waals surface area contributed by atoms with E-state index in [2.05, 4.69) is 16.4 Å². The minimum absolute atomic E-state index is 0.196. The Balaban J connectivity index is 0. The van der Waals surface area contributed by atoms with Gasteiger partial charge >= 0.3 is 11.9 Å². The number of carbonyl (C=O) groups is 2. The zero-order valence-corrected chi connectivity index (χ0v) is 6.95. The standard InChI is InChI=1S/C6H10O4.H4N2/c1-2-3-4-10-6(9)5(7)8;1-2/h2-4H2,1H3,(H,7,8);1-2H2. The molecule has 0 spiro atoms. The molecule has 0 aliphatic carbocycles. The number of hydrazine groups is 1. The molecule has 0 atom stereocenters. The van der Waals surface area contributed by atoms with Crippen molar-refractivity contribution >= 4 is 11.9 Å². The number of carbonyl (C=O) groups excluding carboxylic acids is 1. The summed E-state index contributed by atoms with van der Waals surface area (Å²) in [5, 5.41) is 8.01. The molecule has 0 aliphatic rings. The lowest BCUT2D eigenvalue weighted by atomic mass is 10.4. The molecule has 0 aromatic carbocycles. The molecule has 6 nitrogen and oxygen atoms in total. The Hall–Kier alpha value is -1.14. The summed E-state index contributed by atoms with van der Waals surface area (Å²) in [6.45, 7) is 2.12. The number of aliphatic carboxylic acids is 1. The highest BCUT2D eigenvalue weighted by Gasteiger charge is 2.11. The predicted molar refractivity (Wildman–Crippen MR) is 41.9 cm³/mol. The average Bonchev–Trinajstić information content (AvgIpc) is 2.08. The van der Waals surface area contributed by atoms with Crippen LogP contribution in [0.2, 0.25) is 0 Å². The molecule has 0 bridgehead atoms. The van der Waals surface area contributed by atoms with Crippen molar-refractivity contribution in [3.05, 3.63) is 0 Å². The maximum absolute atomic E-state index is 10.2. The predicted octanol–water partition coefficient (Wildman–Crippen LogP) is -0.767. The third kappa shape index (κ3) is 8.86. The molecule has 0 fully saturated rings. The highest BCUT2D eigenvalue weighted by molar-refractivity contribution is 6.28. The smallest absolute Gasteiger partial charge is 0.417 e. The quantitative estimate of drug-likeness (QED) is 0.172. The third-order valence-electron chi connectivity index (χ3n) is 0.906. The zero-order chi connectivity index (χ0) is 9.98. The maximum Gasteiger partial charge on any atom is 0.417 e. The van der Waals surface area contributed by atoms with Crippen molar-refractivity contribution in [3.63, 3.8) is 0 Å². The number of ether oxygens (including phenoxy) is 1. The SMILES string of the molecule is CCCCOC(=O)C(=O)O.NN. The first-order valence-corrected chi connectivity index (χ1v) is 3.42. The Labute approximate surface area is 70.5 Å². The van der Waals surface area contributed by atoms with Gasteiger partial charge in [0.05, 0.1) is 6.61 Å². The van der Waals surface area contributed by atoms with Crippen molar-refractivity contribution in [1.29, 1.82) is 0 Å². The number of rotatable bonds is 3. The van der Waals surface area contributed by atoms with Gasteiger partial charge in [0.25, 0.3) is 0 Å². The van der Waals surface area contributed by atoms with E-state index in [0.717, 1.165) is 6.42 Å². The summed E-state index contributed by atoms with van der Waals surface area (Å²) < 4.78 is 4.31. The highest BCUT2D eigenvalue weighted by Crippen LogP contribution is 1.87. The summed E-state index contributed by atoms with van der Waals surface area (Å²) in [4.78, 5) is 20.0. The Kier molecular flexibility index (Phi) is 11.1. The second kappa shape index (κ2) is 9.86. The van der Waals surface area contributed by atoms with Crippen LogP contribution in [0.15, 0.2) is 0 Å². The normalized spacial score (nSPS) is 7.92. The van der Waals surface area contributed by atoms with Crippen LogP contribution in [0.5, 0.6) is 0 Å². The summed E-state index contributed by atoms with van der Waals surface area (Å²) in [6, 6.07) is 0. The molecule has 12 heavy (non-hydrogen) atoms. The second-order valence-electron chi connectivity index (χ2n) is 1.79. The van der Waals surface area contributed by atoms with Crippen LogP contribution in [0.4, 0.5) is 0 Å². The molecule has 0 rings (SSSR count). The number of carboxylic acids is 1. The third-order valence-corrected chi connectivity index (χ3v) is 0.906. The fourth-order valence-corrected chi connectivity index (χ4v) is 0.371. The van der Waals surface area contributed by atoms with Gasteiger partial charge in [-0.1, -0.05) is 13.3 Å². The Morgan fingerprint density at radius 2 is 1.92 bits per heavy atom. The second-order valence-corrected chi connectivity index (χ2v) is 1.79. The van der Waals surface area contributed by atoms with Gasteiger partial charge in [0.1, 0.15) is 0 Å². The number of unbranched alkanes of at least 4 members (excludes halogenated alkanes) is 1. The van der Waals surface area contributed by atoms with Gasteiger partial charge in [0, 0.05) is 0 Å². The molecule has 0 unspecified atom stereocenters. The van der Waals surface area contributed by atoms with Crippen LogP contribution < -0.4 is 11.7 Å². The van der Waals surface area contributed by atoms with E-state index in [0.29, 0.717) is 6.42 Å². The van der Waals surface area contributed by atoms with Crippen LogP contribution >= 0.6 is 0 Å². The van der Waals surface area contributed by atoms with Crippen LogP contribution in [0.25, 0.3) is 0 Å². The van der Waals surface area contributed by atoms with Crippen LogP contribution in [0, 0.1) is 0 Å². The van der Waals surface area contributed by atoms with Gasteiger partial charge in [0.15, 0.2) is 0 Å². The lowest BCUT2D eigenvalue weighted by Crippen LogP contribution is -2.16. The van der Waals surface area contributed by atoms with Gasteiger partial charge in [-0.15, -0.1) is 0 Å². The van der Waals surface area contributed by atoms with Crippen molar-refractivity contribution in [2.75, 3.05) is 6.61 Å². The number of hydrogen-bond donors (Lipinski definition) is 3. The van der Waals surface area contributed by atoms with E-state index in [1.165, 1.54) is 0 Å². The van der Waals surface area contributed by atoms with E-state index in [9.17, 15) is 9.59 Å². The fraction of sp³-hybridized carbons (Fsp3) is 0.667. The molecule has 6 heteroatoms. The number of esters is 1. The van der Waals surface area contributed by atoms with Crippen LogP contribution in [0.3, 0.4) is 0 Å². The van der Waals surface area contributed by atoms with E-state index in [1.807, 2.05) is 6.92 Å². The number of nitrogens with two attached hydrogens (primary N) is 2. The van der Waals surface area contributed by atoms with Crippen LogP contribution in [-0.2, 0) is 14.3 Å². The molecular weight excluding hydrogens is 164 g/mol. The minimum atomic E-state index is -1.53. The summed E-state index contributed by atoms with van der Waals surface area (Å²) in [7, 11) is 0. The molecule has 0 aromatic heterocycles. The molecule has 0 radical (unpaired) electrons. The monoisotopic (exact) mass is 178 g/mol. The molecular formula is C6H14N2O4. The van der Waals surface area contributed by atoms with Crippen molar-refractivity contribution in [3.8, 4) is 0 Å². The number of hydrogen-bond acceptors (Lipinski definition) is 5. The van der Waals surface area contributed by atoms with E-state index in [-0.39, 0.29) is 6.61 Å². The Morgan fingerprint density at radius 1 is 1.42 bits per heavy atom. The summed E-state index contributed by atoms with van der Waals surface area (Å²) in [5.74, 6) is 5.30. The van der Waals surface area contributed by atoms with Gasteiger partial charge in [-0.05, 0) is 6.42 Å². The van der Waals surface area contributed by atoms with Gasteiger partial charge in [-0.3, -0.25) is 11.7 Å². The summed E-state index contributed by atoms with van der Waals surface area (Å²) >= 11 is 0. The Bertz CT molecular complexity index is 138. The largest absolute Gasteiger partial charge is 0.473 e. The molecule has 5 N–H and O–H groups in total. The fourth-order valence-electron chi connectivity index (χ4n) is 0.371. The minimum Gasteiger partial charge on any atom is -0.473 e. The van der Waals surface area contributed by atoms with E-state index in [1.54, 1.807) is 0 Å². The molecule has 72 valence electrons. The Morgan fingerprint density at radius 3 is 2.25 bits per heavy atom. The molecule has 0 amide bonds. The average molecular weight is 178 g/mol. The van der Waals surface area contributed by atoms with E-state index >= 15 is 0 Å². The first kappa shape index (κ1) is 13.4. The number of carboxylic acid groups (broad SMARTS) is 1. The van der Waals surface area contributed by atoms with Gasteiger partial charge in [-0.25, -0.2) is 9.59 Å². The van der Waals surface area contributed by atoms with Gasteiger partial charge in [0.2, 0.25) is 0 Å². The van der Waals surface area contributed by atoms with E-state index < -0.39 is 11.9 Å². The maximum atomic E-state index is 10.2. The zero-order valence-electron chi connectivity index (χ0n) is 6.95. The van der Waals surface area contributed by atoms with Crippen molar-refractivity contribution in [2.24, 2.45) is 11.7 Å². The molecule has 0 saturated heterocycles. The van der Waals surface area contributed by atoms with Crippen molar-refractivity contribution in [1.82, 2.24) is 0 Å². The van der Waals surface area contributed by atoms with Gasteiger partial charge in [-0.2, -0.15) is 0 Å². The topological polar surface area (TPSA) is 116 Å². The first-order chi connectivity index (χ1) is 5.68. The van der Waals surface area contributed by atoms with Crippen molar-refractivity contribution in [2.45, 2.75) is 19.8 Å². The molecule has 0 saturated carbocycles.